The van der Waals surface area contributed by atoms with Crippen molar-refractivity contribution >= 4 is 5.96 Å². The molecular formula is C16H19FN4O. The number of guanidine groups is 1. The molecule has 1 aromatic carbocycles. The van der Waals surface area contributed by atoms with E-state index in [1.807, 2.05) is 25.1 Å². The SMILES string of the molecule is CCNC(=NCc1ccc(O)c(F)c1)NCc1ccccn1. The third kappa shape index (κ3) is 4.73. The molecule has 116 valence electrons. The van der Waals surface area contributed by atoms with Gasteiger partial charge in [0.05, 0.1) is 18.8 Å². The summed E-state index contributed by atoms with van der Waals surface area (Å²) in [6.45, 7) is 3.56. The Morgan fingerprint density at radius 2 is 2.14 bits per heavy atom. The van der Waals surface area contributed by atoms with Crippen molar-refractivity contribution in [2.75, 3.05) is 6.54 Å². The Kier molecular flexibility index (Phi) is 5.71. The number of rotatable bonds is 5. The number of hydrogen-bond donors (Lipinski definition) is 3. The van der Waals surface area contributed by atoms with E-state index in [9.17, 15) is 9.50 Å². The van der Waals surface area contributed by atoms with Gasteiger partial charge in [-0.25, -0.2) is 9.38 Å². The van der Waals surface area contributed by atoms with Gasteiger partial charge in [-0.05, 0) is 36.8 Å². The number of aromatic nitrogens is 1. The van der Waals surface area contributed by atoms with E-state index in [0.29, 0.717) is 24.6 Å². The summed E-state index contributed by atoms with van der Waals surface area (Å²) in [6.07, 6.45) is 1.74. The number of hydrogen-bond acceptors (Lipinski definition) is 3. The standard InChI is InChI=1S/C16H19FN4O/c1-2-18-16(21-11-13-5-3-4-8-19-13)20-10-12-6-7-15(22)14(17)9-12/h3-9,22H,2,10-11H2,1H3,(H2,18,20,21). The highest BCUT2D eigenvalue weighted by Gasteiger charge is 2.02. The normalized spacial score (nSPS) is 11.3. The summed E-state index contributed by atoms with van der Waals surface area (Å²) in [7, 11) is 0. The summed E-state index contributed by atoms with van der Waals surface area (Å²) in [4.78, 5) is 8.62. The first-order valence-electron chi connectivity index (χ1n) is 7.08. The van der Waals surface area contributed by atoms with Gasteiger partial charge in [0.25, 0.3) is 0 Å². The highest BCUT2D eigenvalue weighted by atomic mass is 19.1. The van der Waals surface area contributed by atoms with Gasteiger partial charge in [-0.15, -0.1) is 0 Å². The lowest BCUT2D eigenvalue weighted by atomic mass is 10.2. The molecule has 0 unspecified atom stereocenters. The molecule has 2 rings (SSSR count). The van der Waals surface area contributed by atoms with E-state index in [1.54, 1.807) is 12.3 Å². The topological polar surface area (TPSA) is 69.5 Å². The molecule has 0 aliphatic heterocycles. The van der Waals surface area contributed by atoms with Crippen LogP contribution in [-0.2, 0) is 13.1 Å². The number of halogens is 1. The molecule has 0 spiro atoms. The van der Waals surface area contributed by atoms with Gasteiger partial charge in [0, 0.05) is 12.7 Å². The summed E-state index contributed by atoms with van der Waals surface area (Å²) in [5.74, 6) is -0.367. The van der Waals surface area contributed by atoms with Crippen molar-refractivity contribution < 1.29 is 9.50 Å². The van der Waals surface area contributed by atoms with Gasteiger partial charge in [0.2, 0.25) is 0 Å². The zero-order valence-corrected chi connectivity index (χ0v) is 12.4. The second-order valence-electron chi connectivity index (χ2n) is 4.66. The van der Waals surface area contributed by atoms with Crippen molar-refractivity contribution in [3.05, 3.63) is 59.7 Å². The maximum atomic E-state index is 13.3. The number of phenols is 1. The Balaban J connectivity index is 1.98. The Bertz CT molecular complexity index is 631. The predicted molar refractivity (Wildman–Crippen MR) is 84.0 cm³/mol. The molecule has 1 heterocycles. The van der Waals surface area contributed by atoms with Gasteiger partial charge in [-0.3, -0.25) is 4.98 Å². The maximum Gasteiger partial charge on any atom is 0.191 e. The number of phenolic OH excluding ortho intramolecular Hbond substituents is 1. The van der Waals surface area contributed by atoms with Crippen molar-refractivity contribution in [3.8, 4) is 5.75 Å². The molecular weight excluding hydrogens is 283 g/mol. The molecule has 22 heavy (non-hydrogen) atoms. The van der Waals surface area contributed by atoms with Crippen LogP contribution in [0.15, 0.2) is 47.6 Å². The fourth-order valence-corrected chi connectivity index (χ4v) is 1.84. The minimum Gasteiger partial charge on any atom is -0.505 e. The number of nitrogens with one attached hydrogen (secondary N) is 2. The van der Waals surface area contributed by atoms with Crippen LogP contribution in [-0.4, -0.2) is 22.6 Å². The molecule has 0 atom stereocenters. The van der Waals surface area contributed by atoms with Gasteiger partial charge < -0.3 is 15.7 Å². The molecule has 0 aliphatic rings. The molecule has 5 nitrogen and oxygen atoms in total. The van der Waals surface area contributed by atoms with E-state index >= 15 is 0 Å². The summed E-state index contributed by atoms with van der Waals surface area (Å²) in [6, 6.07) is 9.96. The summed E-state index contributed by atoms with van der Waals surface area (Å²) in [5, 5.41) is 15.5. The van der Waals surface area contributed by atoms with Crippen LogP contribution in [0.2, 0.25) is 0 Å². The number of aliphatic imine (C=N–C) groups is 1. The fraction of sp³-hybridized carbons (Fsp3) is 0.250. The molecule has 0 radical (unpaired) electrons. The lowest BCUT2D eigenvalue weighted by molar-refractivity contribution is 0.432. The molecule has 0 amide bonds. The van der Waals surface area contributed by atoms with Crippen molar-refractivity contribution in [3.63, 3.8) is 0 Å². The monoisotopic (exact) mass is 302 g/mol. The maximum absolute atomic E-state index is 13.3. The van der Waals surface area contributed by atoms with Crippen LogP contribution in [0.5, 0.6) is 5.75 Å². The highest BCUT2D eigenvalue weighted by Crippen LogP contribution is 2.16. The van der Waals surface area contributed by atoms with Crippen LogP contribution in [0.3, 0.4) is 0 Å². The van der Waals surface area contributed by atoms with Crippen LogP contribution in [0.4, 0.5) is 4.39 Å². The van der Waals surface area contributed by atoms with E-state index < -0.39 is 5.82 Å². The predicted octanol–water partition coefficient (Wildman–Crippen LogP) is 2.18. The van der Waals surface area contributed by atoms with Gasteiger partial charge in [-0.2, -0.15) is 0 Å². The minimum absolute atomic E-state index is 0.314. The van der Waals surface area contributed by atoms with Crippen molar-refractivity contribution in [2.45, 2.75) is 20.0 Å². The highest BCUT2D eigenvalue weighted by molar-refractivity contribution is 5.79. The smallest absolute Gasteiger partial charge is 0.191 e. The number of nitrogens with zero attached hydrogens (tertiary/aromatic N) is 2. The van der Waals surface area contributed by atoms with E-state index in [1.165, 1.54) is 12.1 Å². The second kappa shape index (κ2) is 7.97. The van der Waals surface area contributed by atoms with Gasteiger partial charge in [0.1, 0.15) is 0 Å². The molecule has 6 heteroatoms. The minimum atomic E-state index is -0.640. The number of aromatic hydroxyl groups is 1. The van der Waals surface area contributed by atoms with Crippen LogP contribution < -0.4 is 10.6 Å². The fourth-order valence-electron chi connectivity index (χ4n) is 1.84. The van der Waals surface area contributed by atoms with Crippen molar-refractivity contribution in [1.29, 1.82) is 0 Å². The van der Waals surface area contributed by atoms with E-state index in [2.05, 4.69) is 20.6 Å². The summed E-state index contributed by atoms with van der Waals surface area (Å²) >= 11 is 0. The third-order valence-electron chi connectivity index (χ3n) is 2.94. The first-order chi connectivity index (χ1) is 10.7. The lowest BCUT2D eigenvalue weighted by Gasteiger charge is -2.11. The largest absolute Gasteiger partial charge is 0.505 e. The Labute approximate surface area is 128 Å². The average Bonchev–Trinajstić information content (AvgIpc) is 2.54. The molecule has 0 bridgehead atoms. The molecule has 0 saturated heterocycles. The second-order valence-corrected chi connectivity index (χ2v) is 4.66. The first-order valence-corrected chi connectivity index (χ1v) is 7.08. The van der Waals surface area contributed by atoms with Crippen molar-refractivity contribution in [2.24, 2.45) is 4.99 Å². The molecule has 0 fully saturated rings. The molecule has 0 saturated carbocycles. The average molecular weight is 302 g/mol. The van der Waals surface area contributed by atoms with Gasteiger partial charge in [0.15, 0.2) is 17.5 Å². The van der Waals surface area contributed by atoms with Crippen LogP contribution in [0.25, 0.3) is 0 Å². The first kappa shape index (κ1) is 15.8. The number of benzene rings is 1. The van der Waals surface area contributed by atoms with E-state index in [4.69, 9.17) is 0 Å². The molecule has 2 aromatic rings. The quantitative estimate of drug-likeness (QED) is 0.585. The summed E-state index contributed by atoms with van der Waals surface area (Å²) in [5.41, 5.74) is 1.59. The van der Waals surface area contributed by atoms with Crippen molar-refractivity contribution in [1.82, 2.24) is 15.6 Å². The van der Waals surface area contributed by atoms with Crippen LogP contribution in [0, 0.1) is 5.82 Å². The Morgan fingerprint density at radius 3 is 2.82 bits per heavy atom. The zero-order valence-electron chi connectivity index (χ0n) is 12.4. The van der Waals surface area contributed by atoms with Crippen LogP contribution in [0.1, 0.15) is 18.2 Å². The van der Waals surface area contributed by atoms with E-state index in [0.717, 1.165) is 12.2 Å². The zero-order chi connectivity index (χ0) is 15.8. The Hall–Kier alpha value is -2.63. The van der Waals surface area contributed by atoms with E-state index in [-0.39, 0.29) is 5.75 Å². The third-order valence-corrected chi connectivity index (χ3v) is 2.94. The number of pyridine rings is 1. The summed E-state index contributed by atoms with van der Waals surface area (Å²) < 4.78 is 13.3. The lowest BCUT2D eigenvalue weighted by Crippen LogP contribution is -2.37. The molecule has 1 aromatic heterocycles. The Morgan fingerprint density at radius 1 is 1.27 bits per heavy atom. The van der Waals surface area contributed by atoms with Crippen LogP contribution >= 0.6 is 0 Å². The molecule has 0 aliphatic carbocycles. The van der Waals surface area contributed by atoms with Gasteiger partial charge in [-0.1, -0.05) is 12.1 Å². The molecule has 3 N–H and O–H groups in total. The van der Waals surface area contributed by atoms with Gasteiger partial charge >= 0.3 is 0 Å².